The number of rotatable bonds is 6. The molecule has 21 heavy (non-hydrogen) atoms. The maximum atomic E-state index is 10.7. The summed E-state index contributed by atoms with van der Waals surface area (Å²) in [6.07, 6.45) is 5.13. The van der Waals surface area contributed by atoms with Crippen LogP contribution in [0.4, 0.5) is 11.4 Å². The minimum atomic E-state index is -0.505. The third-order valence-electron chi connectivity index (χ3n) is 3.95. The summed E-state index contributed by atoms with van der Waals surface area (Å²) in [6, 6.07) is 3.29. The molecule has 1 aliphatic carbocycles. The Balaban J connectivity index is 1.92. The predicted octanol–water partition coefficient (Wildman–Crippen LogP) is 4.19. The van der Waals surface area contributed by atoms with Crippen molar-refractivity contribution in [2.45, 2.75) is 31.7 Å². The molecule has 0 spiro atoms. The Labute approximate surface area is 134 Å². The Bertz CT molecular complexity index is 496. The van der Waals surface area contributed by atoms with Crippen LogP contribution in [0.1, 0.15) is 25.7 Å². The number of benzene rings is 1. The number of nitro groups is 1. The summed E-state index contributed by atoms with van der Waals surface area (Å²) in [4.78, 5) is 12.6. The Morgan fingerprint density at radius 3 is 2.43 bits per heavy atom. The zero-order valence-electron chi connectivity index (χ0n) is 11.9. The minimum Gasteiger partial charge on any atom is -0.381 e. The molecule has 116 valence electrons. The number of nitrogens with zero attached hydrogens (tertiary/aromatic N) is 2. The molecule has 0 heterocycles. The molecule has 1 aliphatic rings. The second-order valence-electron chi connectivity index (χ2n) is 5.39. The van der Waals surface area contributed by atoms with Crippen LogP contribution in [-0.4, -0.2) is 36.0 Å². The smallest absolute Gasteiger partial charge is 0.272 e. The number of nitrogens with one attached hydrogen (secondary N) is 1. The molecule has 1 N–H and O–H groups in total. The Morgan fingerprint density at radius 2 is 1.90 bits per heavy atom. The van der Waals surface area contributed by atoms with Crippen LogP contribution in [0.3, 0.4) is 0 Å². The molecule has 0 radical (unpaired) electrons. The molecule has 1 aromatic rings. The summed E-state index contributed by atoms with van der Waals surface area (Å²) in [5.41, 5.74) is 0.461. The Kier molecular flexibility index (Phi) is 5.67. The highest BCUT2D eigenvalue weighted by molar-refractivity contribution is 6.39. The van der Waals surface area contributed by atoms with Gasteiger partial charge < -0.3 is 10.2 Å². The first-order valence-electron chi connectivity index (χ1n) is 7.06. The van der Waals surface area contributed by atoms with Crippen molar-refractivity contribution < 1.29 is 4.92 Å². The van der Waals surface area contributed by atoms with E-state index in [1.807, 2.05) is 0 Å². The van der Waals surface area contributed by atoms with Gasteiger partial charge in [-0.05, 0) is 19.9 Å². The lowest BCUT2D eigenvalue weighted by atomic mass is 10.2. The summed E-state index contributed by atoms with van der Waals surface area (Å²) < 4.78 is 0. The van der Waals surface area contributed by atoms with Crippen molar-refractivity contribution in [3.05, 3.63) is 32.3 Å². The first-order chi connectivity index (χ1) is 9.99. The third kappa shape index (κ3) is 4.22. The van der Waals surface area contributed by atoms with Crippen molar-refractivity contribution in [2.24, 2.45) is 0 Å². The zero-order valence-corrected chi connectivity index (χ0v) is 13.5. The molecule has 2 rings (SSSR count). The molecule has 0 aliphatic heterocycles. The maximum absolute atomic E-state index is 10.7. The average molecular weight is 332 g/mol. The third-order valence-corrected chi connectivity index (χ3v) is 4.55. The molecule has 5 nitrogen and oxygen atoms in total. The standard InChI is InChI=1S/C14H19Cl2N3O2/c1-18(10-4-2-3-5-10)7-6-17-14-12(15)8-11(19(20)21)9-13(14)16/h8-10,17H,2-7H2,1H3. The van der Waals surface area contributed by atoms with Crippen molar-refractivity contribution in [1.29, 1.82) is 0 Å². The van der Waals surface area contributed by atoms with E-state index in [2.05, 4.69) is 17.3 Å². The van der Waals surface area contributed by atoms with Gasteiger partial charge in [-0.3, -0.25) is 10.1 Å². The highest BCUT2D eigenvalue weighted by Gasteiger charge is 2.19. The SMILES string of the molecule is CN(CCNc1c(Cl)cc([N+](=O)[O-])cc1Cl)C1CCCC1. The highest BCUT2D eigenvalue weighted by Crippen LogP contribution is 2.34. The predicted molar refractivity (Wildman–Crippen MR) is 86.5 cm³/mol. The van der Waals surface area contributed by atoms with Gasteiger partial charge in [-0.15, -0.1) is 0 Å². The van der Waals surface area contributed by atoms with E-state index in [-0.39, 0.29) is 15.7 Å². The van der Waals surface area contributed by atoms with E-state index in [0.29, 0.717) is 18.3 Å². The molecule has 0 unspecified atom stereocenters. The van der Waals surface area contributed by atoms with E-state index in [1.165, 1.54) is 37.8 Å². The molecule has 1 fully saturated rings. The molecular formula is C14H19Cl2N3O2. The van der Waals surface area contributed by atoms with Gasteiger partial charge in [0.1, 0.15) is 0 Å². The van der Waals surface area contributed by atoms with Crippen LogP contribution in [0, 0.1) is 10.1 Å². The molecule has 0 amide bonds. The summed E-state index contributed by atoms with van der Waals surface area (Å²) in [5, 5.41) is 14.5. The van der Waals surface area contributed by atoms with Gasteiger partial charge >= 0.3 is 0 Å². The topological polar surface area (TPSA) is 58.4 Å². The molecule has 7 heteroatoms. The molecule has 0 saturated heterocycles. The number of anilines is 1. The lowest BCUT2D eigenvalue weighted by Gasteiger charge is -2.24. The van der Waals surface area contributed by atoms with Gasteiger partial charge in [0.05, 0.1) is 20.7 Å². The quantitative estimate of drug-likeness (QED) is 0.627. The highest BCUT2D eigenvalue weighted by atomic mass is 35.5. The van der Waals surface area contributed by atoms with Crippen molar-refractivity contribution in [1.82, 2.24) is 4.90 Å². The van der Waals surface area contributed by atoms with Gasteiger partial charge in [0, 0.05) is 31.3 Å². The summed E-state index contributed by atoms with van der Waals surface area (Å²) in [6.45, 7) is 1.58. The number of halogens is 2. The van der Waals surface area contributed by atoms with Gasteiger partial charge in [-0.25, -0.2) is 0 Å². The van der Waals surface area contributed by atoms with Crippen LogP contribution in [0.2, 0.25) is 10.0 Å². The van der Waals surface area contributed by atoms with Gasteiger partial charge in [-0.1, -0.05) is 36.0 Å². The second-order valence-corrected chi connectivity index (χ2v) is 6.20. The molecule has 1 saturated carbocycles. The van der Waals surface area contributed by atoms with Crippen LogP contribution >= 0.6 is 23.2 Å². The number of non-ortho nitro benzene ring substituents is 1. The fraction of sp³-hybridized carbons (Fsp3) is 0.571. The molecular weight excluding hydrogens is 313 g/mol. The number of hydrogen-bond donors (Lipinski definition) is 1. The monoisotopic (exact) mass is 331 g/mol. The molecule has 0 aromatic heterocycles. The number of nitro benzene ring substituents is 1. The van der Waals surface area contributed by atoms with Gasteiger partial charge in [-0.2, -0.15) is 0 Å². The van der Waals surface area contributed by atoms with E-state index in [0.717, 1.165) is 6.54 Å². The Morgan fingerprint density at radius 1 is 1.33 bits per heavy atom. The van der Waals surface area contributed by atoms with E-state index < -0.39 is 4.92 Å². The normalized spacial score (nSPS) is 15.6. The first-order valence-corrected chi connectivity index (χ1v) is 7.82. The van der Waals surface area contributed by atoms with Crippen LogP contribution in [-0.2, 0) is 0 Å². The fourth-order valence-electron chi connectivity index (χ4n) is 2.72. The maximum Gasteiger partial charge on any atom is 0.272 e. The van der Waals surface area contributed by atoms with E-state index in [4.69, 9.17) is 23.2 Å². The Hall–Kier alpha value is -1.04. The van der Waals surface area contributed by atoms with Crippen molar-refractivity contribution in [3.8, 4) is 0 Å². The summed E-state index contributed by atoms with van der Waals surface area (Å²) in [5.74, 6) is 0. The summed E-state index contributed by atoms with van der Waals surface area (Å²) in [7, 11) is 2.12. The first kappa shape index (κ1) is 16.3. The van der Waals surface area contributed by atoms with E-state index in [9.17, 15) is 10.1 Å². The zero-order chi connectivity index (χ0) is 15.4. The molecule has 1 aromatic carbocycles. The minimum absolute atomic E-state index is 0.0985. The van der Waals surface area contributed by atoms with Crippen LogP contribution < -0.4 is 5.32 Å². The van der Waals surface area contributed by atoms with Gasteiger partial charge in [0.15, 0.2) is 0 Å². The number of likely N-dealkylation sites (N-methyl/N-ethyl adjacent to an activating group) is 1. The molecule has 0 atom stereocenters. The van der Waals surface area contributed by atoms with Crippen molar-refractivity contribution in [2.75, 3.05) is 25.5 Å². The second kappa shape index (κ2) is 7.29. The van der Waals surface area contributed by atoms with Crippen LogP contribution in [0.25, 0.3) is 0 Å². The summed E-state index contributed by atoms with van der Waals surface area (Å²) >= 11 is 12.1. The van der Waals surface area contributed by atoms with Crippen LogP contribution in [0.5, 0.6) is 0 Å². The largest absolute Gasteiger partial charge is 0.381 e. The van der Waals surface area contributed by atoms with Crippen molar-refractivity contribution in [3.63, 3.8) is 0 Å². The van der Waals surface area contributed by atoms with Gasteiger partial charge in [0.2, 0.25) is 0 Å². The van der Waals surface area contributed by atoms with E-state index in [1.54, 1.807) is 0 Å². The lowest BCUT2D eigenvalue weighted by Crippen LogP contribution is -2.33. The van der Waals surface area contributed by atoms with Gasteiger partial charge in [0.25, 0.3) is 5.69 Å². The van der Waals surface area contributed by atoms with E-state index >= 15 is 0 Å². The average Bonchev–Trinajstić information content (AvgIpc) is 2.95. The van der Waals surface area contributed by atoms with Crippen LogP contribution in [0.15, 0.2) is 12.1 Å². The van der Waals surface area contributed by atoms with Crippen molar-refractivity contribution >= 4 is 34.6 Å². The number of hydrogen-bond acceptors (Lipinski definition) is 4. The lowest BCUT2D eigenvalue weighted by molar-refractivity contribution is -0.384. The molecule has 0 bridgehead atoms. The fourth-order valence-corrected chi connectivity index (χ4v) is 3.33.